The number of carbonyl (C=O) groups is 2. The van der Waals surface area contributed by atoms with Crippen LogP contribution in [0.15, 0.2) is 36.5 Å². The molecular formula is C74H143N2O7P. The van der Waals surface area contributed by atoms with Crippen LogP contribution in [0.2, 0.25) is 0 Å². The summed E-state index contributed by atoms with van der Waals surface area (Å²) in [5.74, 6) is -0.522. The molecule has 0 aliphatic carbocycles. The summed E-state index contributed by atoms with van der Waals surface area (Å²) in [6, 6.07) is -0.886. The summed E-state index contributed by atoms with van der Waals surface area (Å²) in [6.45, 7) is 6.88. The number of rotatable bonds is 68. The molecule has 0 aliphatic rings. The number of likely N-dealkylation sites (N-methyl/N-ethyl adjacent to an activating group) is 1. The largest absolute Gasteiger partial charge is 0.756 e. The molecule has 0 aromatic carbocycles. The van der Waals surface area contributed by atoms with Gasteiger partial charge >= 0.3 is 5.97 Å². The average molecular weight is 1200 g/mol. The Labute approximate surface area is 523 Å². The van der Waals surface area contributed by atoms with E-state index >= 15 is 0 Å². The second-order valence-electron chi connectivity index (χ2n) is 26.5. The summed E-state index contributed by atoms with van der Waals surface area (Å²) in [7, 11) is 1.20. The highest BCUT2D eigenvalue weighted by Crippen LogP contribution is 2.38. The number of quaternary nitrogens is 1. The van der Waals surface area contributed by atoms with Crippen molar-refractivity contribution in [3.8, 4) is 0 Å². The predicted molar refractivity (Wildman–Crippen MR) is 363 cm³/mol. The van der Waals surface area contributed by atoms with Gasteiger partial charge in [-0.15, -0.1) is 0 Å². The Bertz CT molecular complexity index is 1530. The topological polar surface area (TPSA) is 114 Å². The normalized spacial score (nSPS) is 13.7. The van der Waals surface area contributed by atoms with E-state index in [4.69, 9.17) is 13.8 Å². The molecule has 0 saturated carbocycles. The number of hydrogen-bond donors (Lipinski definition) is 1. The molecule has 496 valence electrons. The first-order valence-electron chi connectivity index (χ1n) is 36.8. The number of esters is 1. The molecule has 9 nitrogen and oxygen atoms in total. The van der Waals surface area contributed by atoms with E-state index in [1.807, 2.05) is 33.3 Å². The Morgan fingerprint density at radius 1 is 0.417 bits per heavy atom. The highest BCUT2D eigenvalue weighted by Gasteiger charge is 2.27. The first-order chi connectivity index (χ1) is 40.9. The van der Waals surface area contributed by atoms with Gasteiger partial charge in [0.2, 0.25) is 5.91 Å². The average Bonchev–Trinajstić information content (AvgIpc) is 3.65. The number of amides is 1. The minimum atomic E-state index is -4.70. The number of hydrogen-bond acceptors (Lipinski definition) is 7. The second-order valence-corrected chi connectivity index (χ2v) is 27.9. The van der Waals surface area contributed by atoms with Crippen molar-refractivity contribution < 1.29 is 37.3 Å². The molecule has 1 amide bonds. The number of allylic oxidation sites excluding steroid dienone is 5. The van der Waals surface area contributed by atoms with Crippen LogP contribution in [0.3, 0.4) is 0 Å². The molecule has 0 bridgehead atoms. The lowest BCUT2D eigenvalue weighted by atomic mass is 10.0. The molecule has 0 fully saturated rings. The van der Waals surface area contributed by atoms with E-state index in [9.17, 15) is 19.0 Å². The van der Waals surface area contributed by atoms with Crippen LogP contribution in [0.5, 0.6) is 0 Å². The highest BCUT2D eigenvalue weighted by molar-refractivity contribution is 7.45. The second kappa shape index (κ2) is 64.2. The van der Waals surface area contributed by atoms with Crippen molar-refractivity contribution in [1.82, 2.24) is 5.32 Å². The van der Waals surface area contributed by atoms with E-state index in [1.54, 1.807) is 0 Å². The Morgan fingerprint density at radius 2 is 0.726 bits per heavy atom. The molecule has 0 aliphatic heterocycles. The minimum absolute atomic E-state index is 0.0195. The maximum absolute atomic E-state index is 13.6. The maximum Gasteiger partial charge on any atom is 0.306 e. The quantitative estimate of drug-likeness (QED) is 0.0212. The van der Waals surface area contributed by atoms with E-state index in [0.29, 0.717) is 17.4 Å². The van der Waals surface area contributed by atoms with Crippen LogP contribution >= 0.6 is 7.82 Å². The summed E-state index contributed by atoms with van der Waals surface area (Å²) < 4.78 is 30.5. The van der Waals surface area contributed by atoms with Gasteiger partial charge in [-0.2, -0.15) is 0 Å². The van der Waals surface area contributed by atoms with Crippen molar-refractivity contribution >= 4 is 19.7 Å². The van der Waals surface area contributed by atoms with Gasteiger partial charge in [0.15, 0.2) is 0 Å². The molecule has 0 rings (SSSR count). The molecule has 0 aromatic rings. The lowest BCUT2D eigenvalue weighted by Gasteiger charge is -2.30. The van der Waals surface area contributed by atoms with E-state index in [1.165, 1.54) is 276 Å². The standard InChI is InChI=1S/C74H143N2O7P/c1-7-10-13-16-19-22-25-28-30-32-34-36-37-38-39-41-42-44-46-48-51-54-57-60-63-66-73(77)75-71(70-82-84(79,80)81-69-68-76(4,5)6)72(65-62-59-56-53-50-27-24-21-18-15-12-9-3)83-74(78)67-64-61-58-55-52-49-47-45-43-40-35-33-31-29-26-23-20-17-14-11-8-2/h20,23,29,31,62,65,71-72H,7-19,21-22,24-28,30,32-61,63-64,66-70H2,1-6H3,(H-,75,77,79,80)/b23-20-,31-29-,65-62+. The monoisotopic (exact) mass is 1200 g/mol. The summed E-state index contributed by atoms with van der Waals surface area (Å²) >= 11 is 0. The van der Waals surface area contributed by atoms with Crippen LogP contribution in [-0.4, -0.2) is 69.4 Å². The van der Waals surface area contributed by atoms with Crippen molar-refractivity contribution in [3.63, 3.8) is 0 Å². The van der Waals surface area contributed by atoms with Gasteiger partial charge in [-0.1, -0.05) is 334 Å². The third kappa shape index (κ3) is 64.7. The van der Waals surface area contributed by atoms with Crippen molar-refractivity contribution in [2.75, 3.05) is 40.9 Å². The number of phosphoric acid groups is 1. The summed E-state index contributed by atoms with van der Waals surface area (Å²) in [5, 5.41) is 3.05. The van der Waals surface area contributed by atoms with E-state index in [2.05, 4.69) is 50.4 Å². The van der Waals surface area contributed by atoms with Crippen molar-refractivity contribution in [2.45, 2.75) is 386 Å². The van der Waals surface area contributed by atoms with Gasteiger partial charge in [-0.05, 0) is 63.9 Å². The first kappa shape index (κ1) is 82.2. The van der Waals surface area contributed by atoms with Gasteiger partial charge in [0, 0.05) is 12.8 Å². The van der Waals surface area contributed by atoms with Crippen LogP contribution in [0.4, 0.5) is 0 Å². The first-order valence-corrected chi connectivity index (χ1v) is 38.3. The van der Waals surface area contributed by atoms with Gasteiger partial charge in [0.25, 0.3) is 7.82 Å². The molecule has 84 heavy (non-hydrogen) atoms. The van der Waals surface area contributed by atoms with Crippen LogP contribution in [0, 0.1) is 0 Å². The Kier molecular flexibility index (Phi) is 62.9. The van der Waals surface area contributed by atoms with Crippen LogP contribution < -0.4 is 10.2 Å². The molecule has 0 heterocycles. The van der Waals surface area contributed by atoms with E-state index in [0.717, 1.165) is 64.2 Å². The number of nitrogens with zero attached hydrogens (tertiary/aromatic N) is 1. The zero-order valence-corrected chi connectivity index (χ0v) is 57.8. The molecule has 3 atom stereocenters. The number of carbonyl (C=O) groups excluding carboxylic acids is 2. The molecule has 10 heteroatoms. The molecule has 3 unspecified atom stereocenters. The highest BCUT2D eigenvalue weighted by atomic mass is 31.2. The predicted octanol–water partition coefficient (Wildman–Crippen LogP) is 22.8. The SMILES string of the molecule is CCCCC/C=C\C/C=C\CCCCCCCCCCCCCC(=O)OC(/C=C/CCCCCCCCCCCC)C(COP(=O)([O-])OCC[N+](C)(C)C)NC(=O)CCCCCCCCCCCCCCCCCCCCCCCCCCC. The molecule has 0 spiro atoms. The van der Waals surface area contributed by atoms with Gasteiger partial charge < -0.3 is 28.5 Å². The Hall–Kier alpha value is -1.77. The summed E-state index contributed by atoms with van der Waals surface area (Å²) in [4.78, 5) is 40.2. The summed E-state index contributed by atoms with van der Waals surface area (Å²) in [6.07, 6.45) is 79.9. The molecule has 1 N–H and O–H groups in total. The number of ether oxygens (including phenoxy) is 1. The van der Waals surface area contributed by atoms with Crippen LogP contribution in [0.25, 0.3) is 0 Å². The number of unbranched alkanes of at least 4 members (excludes halogenated alkanes) is 48. The van der Waals surface area contributed by atoms with Gasteiger partial charge in [-0.25, -0.2) is 0 Å². The van der Waals surface area contributed by atoms with Crippen LogP contribution in [0.1, 0.15) is 374 Å². The third-order valence-electron chi connectivity index (χ3n) is 16.8. The fraction of sp³-hybridized carbons (Fsp3) is 0.892. The molecule has 0 radical (unpaired) electrons. The Balaban J connectivity index is 4.99. The fourth-order valence-corrected chi connectivity index (χ4v) is 11.9. The van der Waals surface area contributed by atoms with E-state index < -0.39 is 20.0 Å². The smallest absolute Gasteiger partial charge is 0.306 e. The lowest BCUT2D eigenvalue weighted by molar-refractivity contribution is -0.870. The van der Waals surface area contributed by atoms with E-state index in [-0.39, 0.29) is 31.5 Å². The molecular weight excluding hydrogens is 1060 g/mol. The van der Waals surface area contributed by atoms with Crippen molar-refractivity contribution in [2.24, 2.45) is 0 Å². The maximum atomic E-state index is 13.6. The van der Waals surface area contributed by atoms with Gasteiger partial charge in [0.05, 0.1) is 33.8 Å². The molecule has 0 saturated heterocycles. The van der Waals surface area contributed by atoms with Crippen LogP contribution in [-0.2, 0) is 27.9 Å². The lowest BCUT2D eigenvalue weighted by Crippen LogP contribution is -2.47. The summed E-state index contributed by atoms with van der Waals surface area (Å²) in [5.41, 5.74) is 0. The number of nitrogens with one attached hydrogen (secondary N) is 1. The zero-order valence-electron chi connectivity index (χ0n) is 56.9. The number of phosphoric ester groups is 1. The van der Waals surface area contributed by atoms with Crippen molar-refractivity contribution in [1.29, 1.82) is 0 Å². The van der Waals surface area contributed by atoms with Crippen molar-refractivity contribution in [3.05, 3.63) is 36.5 Å². The zero-order chi connectivity index (χ0) is 61.4. The fourth-order valence-electron chi connectivity index (χ4n) is 11.1. The third-order valence-corrected chi connectivity index (χ3v) is 17.8. The molecule has 0 aromatic heterocycles. The van der Waals surface area contributed by atoms with Gasteiger partial charge in [0.1, 0.15) is 19.3 Å². The Morgan fingerprint density at radius 3 is 1.10 bits per heavy atom. The van der Waals surface area contributed by atoms with Gasteiger partial charge in [-0.3, -0.25) is 14.2 Å². The minimum Gasteiger partial charge on any atom is -0.756 e.